The number of nitrogens with zero attached hydrogens (tertiary/aromatic N) is 2. The van der Waals surface area contributed by atoms with Crippen molar-refractivity contribution in [2.24, 2.45) is 0 Å². The lowest BCUT2D eigenvalue weighted by atomic mass is 10.2. The van der Waals surface area contributed by atoms with Crippen LogP contribution < -0.4 is 5.32 Å². The first-order valence-corrected chi connectivity index (χ1v) is 8.17. The molecule has 3 aromatic rings. The lowest BCUT2D eigenvalue weighted by molar-refractivity contribution is 0.0701. The van der Waals surface area contributed by atoms with Gasteiger partial charge in [0, 0.05) is 0 Å². The zero-order valence-corrected chi connectivity index (χ0v) is 14.5. The Morgan fingerprint density at radius 2 is 2.00 bits per heavy atom. The van der Waals surface area contributed by atoms with Crippen LogP contribution in [0, 0.1) is 13.8 Å². The van der Waals surface area contributed by atoms with Crippen molar-refractivity contribution in [2.75, 3.05) is 5.32 Å². The molecular formula is C15H11Cl2N3O2S. The average Bonchev–Trinajstić information content (AvgIpc) is 2.81. The fraction of sp³-hybridized carbons (Fsp3) is 0.133. The van der Waals surface area contributed by atoms with Crippen molar-refractivity contribution in [3.8, 4) is 0 Å². The lowest BCUT2D eigenvalue weighted by Gasteiger charge is -2.10. The van der Waals surface area contributed by atoms with Crippen LogP contribution in [0.15, 0.2) is 18.2 Å². The van der Waals surface area contributed by atoms with Gasteiger partial charge in [-0.25, -0.2) is 14.8 Å². The summed E-state index contributed by atoms with van der Waals surface area (Å²) >= 11 is 13.4. The molecule has 0 unspecified atom stereocenters. The predicted molar refractivity (Wildman–Crippen MR) is 93.6 cm³/mol. The fourth-order valence-electron chi connectivity index (χ4n) is 2.27. The van der Waals surface area contributed by atoms with E-state index in [1.807, 2.05) is 0 Å². The molecule has 0 saturated carbocycles. The van der Waals surface area contributed by atoms with Crippen molar-refractivity contribution >= 4 is 62.2 Å². The van der Waals surface area contributed by atoms with E-state index in [9.17, 15) is 9.90 Å². The summed E-state index contributed by atoms with van der Waals surface area (Å²) in [5, 5.41) is 13.9. The molecule has 2 heterocycles. The number of nitrogens with one attached hydrogen (secondary N) is 1. The Morgan fingerprint density at radius 3 is 2.70 bits per heavy atom. The molecule has 0 bridgehead atoms. The van der Waals surface area contributed by atoms with Gasteiger partial charge in [0.25, 0.3) is 0 Å². The van der Waals surface area contributed by atoms with Gasteiger partial charge in [0.1, 0.15) is 21.3 Å². The van der Waals surface area contributed by atoms with E-state index in [0.29, 0.717) is 43.2 Å². The second-order valence-electron chi connectivity index (χ2n) is 4.89. The van der Waals surface area contributed by atoms with E-state index in [1.54, 1.807) is 32.0 Å². The van der Waals surface area contributed by atoms with Crippen LogP contribution in [0.25, 0.3) is 10.2 Å². The van der Waals surface area contributed by atoms with Crippen LogP contribution in [-0.4, -0.2) is 21.0 Å². The number of rotatable bonds is 3. The quantitative estimate of drug-likeness (QED) is 0.676. The topological polar surface area (TPSA) is 75.1 Å². The zero-order valence-electron chi connectivity index (χ0n) is 12.1. The van der Waals surface area contributed by atoms with Crippen LogP contribution in [0.2, 0.25) is 10.0 Å². The molecule has 0 aliphatic heterocycles. The van der Waals surface area contributed by atoms with E-state index in [-0.39, 0.29) is 4.88 Å². The standard InChI is InChI=1S/C15H11Cl2N3O2S/c1-6-10-13(20-9-5-3-4-8(16)11(9)17)18-7(2)19-14(10)23-12(6)15(21)22/h3-5H,1-2H3,(H,21,22)(H,18,19,20). The molecule has 2 N–H and O–H groups in total. The minimum absolute atomic E-state index is 0.250. The van der Waals surface area contributed by atoms with E-state index in [4.69, 9.17) is 23.2 Å². The number of carboxylic acids is 1. The van der Waals surface area contributed by atoms with E-state index in [2.05, 4.69) is 15.3 Å². The Balaban J connectivity index is 2.20. The number of anilines is 2. The van der Waals surface area contributed by atoms with E-state index < -0.39 is 5.97 Å². The number of benzene rings is 1. The second-order valence-corrected chi connectivity index (χ2v) is 6.67. The number of hydrogen-bond acceptors (Lipinski definition) is 5. The van der Waals surface area contributed by atoms with Gasteiger partial charge in [-0.3, -0.25) is 0 Å². The number of aromatic nitrogens is 2. The Morgan fingerprint density at radius 1 is 1.26 bits per heavy atom. The summed E-state index contributed by atoms with van der Waals surface area (Å²) in [6, 6.07) is 5.23. The predicted octanol–water partition coefficient (Wildman–Crippen LogP) is 5.06. The molecule has 3 rings (SSSR count). The third-order valence-corrected chi connectivity index (χ3v) is 5.29. The maximum Gasteiger partial charge on any atom is 0.346 e. The summed E-state index contributed by atoms with van der Waals surface area (Å²) in [4.78, 5) is 20.9. The number of carbonyl (C=O) groups is 1. The molecule has 1 aromatic carbocycles. The monoisotopic (exact) mass is 367 g/mol. The molecule has 5 nitrogen and oxygen atoms in total. The number of carboxylic acid groups (broad SMARTS) is 1. The van der Waals surface area contributed by atoms with Gasteiger partial charge in [-0.2, -0.15) is 0 Å². The molecule has 0 spiro atoms. The lowest BCUT2D eigenvalue weighted by Crippen LogP contribution is -1.99. The van der Waals surface area contributed by atoms with Crippen LogP contribution in [-0.2, 0) is 0 Å². The number of thiophene rings is 1. The smallest absolute Gasteiger partial charge is 0.346 e. The van der Waals surface area contributed by atoms with Crippen molar-refractivity contribution in [3.63, 3.8) is 0 Å². The highest BCUT2D eigenvalue weighted by molar-refractivity contribution is 7.20. The number of aryl methyl sites for hydroxylation is 2. The molecule has 0 atom stereocenters. The summed E-state index contributed by atoms with van der Waals surface area (Å²) in [6.07, 6.45) is 0. The number of hydrogen-bond donors (Lipinski definition) is 2. The minimum atomic E-state index is -0.977. The summed E-state index contributed by atoms with van der Waals surface area (Å²) in [6.45, 7) is 3.49. The van der Waals surface area contributed by atoms with Crippen molar-refractivity contribution in [2.45, 2.75) is 13.8 Å². The summed E-state index contributed by atoms with van der Waals surface area (Å²) < 4.78 is 0. The van der Waals surface area contributed by atoms with Crippen LogP contribution in [0.5, 0.6) is 0 Å². The van der Waals surface area contributed by atoms with Crippen molar-refractivity contribution < 1.29 is 9.90 Å². The molecule has 8 heteroatoms. The zero-order chi connectivity index (χ0) is 16.7. The first kappa shape index (κ1) is 16.0. The van der Waals surface area contributed by atoms with Gasteiger partial charge in [-0.15, -0.1) is 11.3 Å². The molecule has 2 aromatic heterocycles. The van der Waals surface area contributed by atoms with Gasteiger partial charge in [0.15, 0.2) is 0 Å². The second kappa shape index (κ2) is 5.96. The Labute approximate surface area is 145 Å². The normalized spacial score (nSPS) is 11.0. The molecule has 0 amide bonds. The molecule has 0 aliphatic carbocycles. The highest BCUT2D eigenvalue weighted by Crippen LogP contribution is 2.37. The average molecular weight is 368 g/mol. The minimum Gasteiger partial charge on any atom is -0.477 e. The molecule has 118 valence electrons. The maximum absolute atomic E-state index is 11.3. The van der Waals surface area contributed by atoms with Crippen LogP contribution in [0.4, 0.5) is 11.5 Å². The largest absolute Gasteiger partial charge is 0.477 e. The Kier molecular flexibility index (Phi) is 4.14. The maximum atomic E-state index is 11.3. The highest BCUT2D eigenvalue weighted by Gasteiger charge is 2.20. The first-order valence-electron chi connectivity index (χ1n) is 6.60. The fourth-order valence-corrected chi connectivity index (χ4v) is 3.68. The van der Waals surface area contributed by atoms with E-state index >= 15 is 0 Å². The number of fused-ring (bicyclic) bond motifs is 1. The molecule has 0 aliphatic rings. The molecular weight excluding hydrogens is 357 g/mol. The molecule has 0 radical (unpaired) electrons. The summed E-state index contributed by atoms with van der Waals surface area (Å²) in [5.41, 5.74) is 1.22. The Bertz CT molecular complexity index is 940. The van der Waals surface area contributed by atoms with Crippen molar-refractivity contribution in [1.82, 2.24) is 9.97 Å². The third kappa shape index (κ3) is 2.85. The van der Waals surface area contributed by atoms with Gasteiger partial charge >= 0.3 is 5.97 Å². The number of halogens is 2. The number of aromatic carboxylic acids is 1. The SMILES string of the molecule is Cc1nc(Nc2cccc(Cl)c2Cl)c2c(C)c(C(=O)O)sc2n1. The summed E-state index contributed by atoms with van der Waals surface area (Å²) in [7, 11) is 0. The molecule has 23 heavy (non-hydrogen) atoms. The molecule has 0 saturated heterocycles. The third-order valence-electron chi connectivity index (χ3n) is 3.30. The van der Waals surface area contributed by atoms with Crippen molar-refractivity contribution in [3.05, 3.63) is 44.5 Å². The van der Waals surface area contributed by atoms with Crippen LogP contribution >= 0.6 is 34.5 Å². The van der Waals surface area contributed by atoms with Gasteiger partial charge < -0.3 is 10.4 Å². The van der Waals surface area contributed by atoms with E-state index in [0.717, 1.165) is 11.3 Å². The highest BCUT2D eigenvalue weighted by atomic mass is 35.5. The van der Waals surface area contributed by atoms with Gasteiger partial charge in [-0.05, 0) is 31.5 Å². The molecule has 0 fully saturated rings. The van der Waals surface area contributed by atoms with Crippen LogP contribution in [0.1, 0.15) is 21.1 Å². The Hall–Kier alpha value is -1.89. The van der Waals surface area contributed by atoms with Gasteiger partial charge in [0.05, 0.1) is 21.1 Å². The van der Waals surface area contributed by atoms with Gasteiger partial charge in [-0.1, -0.05) is 29.3 Å². The van der Waals surface area contributed by atoms with Crippen molar-refractivity contribution in [1.29, 1.82) is 0 Å². The van der Waals surface area contributed by atoms with Gasteiger partial charge in [0.2, 0.25) is 0 Å². The van der Waals surface area contributed by atoms with E-state index in [1.165, 1.54) is 0 Å². The first-order chi connectivity index (χ1) is 10.9. The summed E-state index contributed by atoms with van der Waals surface area (Å²) in [5.74, 6) is 0.0733. The van der Waals surface area contributed by atoms with Crippen LogP contribution in [0.3, 0.4) is 0 Å².